The Labute approximate surface area is 205 Å². The summed E-state index contributed by atoms with van der Waals surface area (Å²) in [5.41, 5.74) is 1.16. The smallest absolute Gasteiger partial charge is 0.228 e. The number of aromatic nitrogens is 2. The summed E-state index contributed by atoms with van der Waals surface area (Å²) in [6.07, 6.45) is 6.94. The minimum atomic E-state index is -3.81. The predicted molar refractivity (Wildman–Crippen MR) is 126 cm³/mol. The number of nitrogens with zero attached hydrogens (tertiary/aromatic N) is 3. The molecule has 0 bridgehead atoms. The molecule has 10 heteroatoms. The molecule has 2 saturated heterocycles. The average Bonchev–Trinajstić information content (AvgIpc) is 3.18. The number of hydrogen-bond acceptors (Lipinski definition) is 6. The third-order valence-corrected chi connectivity index (χ3v) is 8.49. The van der Waals surface area contributed by atoms with E-state index in [9.17, 15) is 17.6 Å². The van der Waals surface area contributed by atoms with Crippen molar-refractivity contribution >= 4 is 15.7 Å². The largest absolute Gasteiger partial charge is 0.376 e. The number of imidazole rings is 1. The van der Waals surface area contributed by atoms with Crippen molar-refractivity contribution in [2.75, 3.05) is 19.8 Å². The summed E-state index contributed by atoms with van der Waals surface area (Å²) in [5, 5.41) is -0.0386. The molecule has 2 unspecified atom stereocenters. The molecule has 1 aliphatic carbocycles. The molecule has 3 heterocycles. The number of sulfone groups is 1. The number of hydrogen-bond donors (Lipinski definition) is 0. The second kappa shape index (κ2) is 10.4. The van der Waals surface area contributed by atoms with Crippen LogP contribution in [-0.2, 0) is 42.9 Å². The maximum atomic E-state index is 13.4. The predicted octanol–water partition coefficient (Wildman–Crippen LogP) is 3.09. The van der Waals surface area contributed by atoms with Gasteiger partial charge in [-0.15, -0.1) is 0 Å². The van der Waals surface area contributed by atoms with Crippen LogP contribution >= 0.6 is 0 Å². The van der Waals surface area contributed by atoms with Crippen LogP contribution in [0.4, 0.5) is 4.39 Å². The highest BCUT2D eigenvalue weighted by Crippen LogP contribution is 2.32. The van der Waals surface area contributed by atoms with E-state index >= 15 is 0 Å². The highest BCUT2D eigenvalue weighted by atomic mass is 32.2. The molecule has 3 fully saturated rings. The molecular formula is C25H32FN3O5S. The van der Waals surface area contributed by atoms with Gasteiger partial charge in [-0.05, 0) is 56.2 Å². The van der Waals surface area contributed by atoms with Crippen LogP contribution in [0.5, 0.6) is 0 Å². The van der Waals surface area contributed by atoms with E-state index in [0.717, 1.165) is 38.5 Å². The Morgan fingerprint density at radius 1 is 1.06 bits per heavy atom. The lowest BCUT2D eigenvalue weighted by Gasteiger charge is -2.26. The van der Waals surface area contributed by atoms with Gasteiger partial charge in [0.05, 0.1) is 42.9 Å². The van der Waals surface area contributed by atoms with E-state index in [4.69, 9.17) is 9.47 Å². The van der Waals surface area contributed by atoms with Gasteiger partial charge in [0.2, 0.25) is 20.9 Å². The number of carbonyl (C=O) groups is 1. The van der Waals surface area contributed by atoms with Crippen molar-refractivity contribution in [2.24, 2.45) is 5.92 Å². The molecule has 2 aliphatic heterocycles. The van der Waals surface area contributed by atoms with Gasteiger partial charge in [-0.1, -0.05) is 12.1 Å². The Balaban J connectivity index is 1.42. The van der Waals surface area contributed by atoms with Crippen LogP contribution in [0, 0.1) is 11.7 Å². The molecular weight excluding hydrogens is 473 g/mol. The number of amides is 1. The average molecular weight is 506 g/mol. The summed E-state index contributed by atoms with van der Waals surface area (Å²) in [7, 11) is -3.81. The van der Waals surface area contributed by atoms with Crippen molar-refractivity contribution < 1.29 is 27.1 Å². The lowest BCUT2D eigenvalue weighted by molar-refractivity contribution is -0.134. The SMILES string of the molecule is O=C(C1CC1)N(Cc1cnc(S(=O)(=O)Cc2ccc(F)cc2)n1CC1CCCO1)CC1CCCO1. The second-order valence-electron chi connectivity index (χ2n) is 9.79. The summed E-state index contributed by atoms with van der Waals surface area (Å²) < 4.78 is 53.4. The van der Waals surface area contributed by atoms with E-state index in [1.54, 1.807) is 10.8 Å². The van der Waals surface area contributed by atoms with Gasteiger partial charge in [-0.2, -0.15) is 0 Å². The zero-order valence-corrected chi connectivity index (χ0v) is 20.6. The molecule has 1 aromatic heterocycles. The van der Waals surface area contributed by atoms with Gasteiger partial charge in [0.15, 0.2) is 0 Å². The van der Waals surface area contributed by atoms with Crippen molar-refractivity contribution in [3.8, 4) is 0 Å². The first kappa shape index (κ1) is 24.4. The number of carbonyl (C=O) groups excluding carboxylic acids is 1. The fraction of sp³-hybridized carbons (Fsp3) is 0.600. The van der Waals surface area contributed by atoms with E-state index in [1.807, 2.05) is 4.90 Å². The van der Waals surface area contributed by atoms with Crippen LogP contribution in [0.2, 0.25) is 0 Å². The minimum Gasteiger partial charge on any atom is -0.376 e. The number of benzene rings is 1. The molecule has 2 atom stereocenters. The molecule has 1 amide bonds. The van der Waals surface area contributed by atoms with Gasteiger partial charge < -0.3 is 18.9 Å². The zero-order valence-electron chi connectivity index (χ0n) is 19.8. The van der Waals surface area contributed by atoms with Gasteiger partial charge in [0.1, 0.15) is 5.82 Å². The topological polar surface area (TPSA) is 90.7 Å². The highest BCUT2D eigenvalue weighted by Gasteiger charge is 2.36. The summed E-state index contributed by atoms with van der Waals surface area (Å²) in [4.78, 5) is 19.2. The van der Waals surface area contributed by atoms with E-state index in [1.165, 1.54) is 24.3 Å². The normalized spacial score (nSPS) is 22.5. The maximum absolute atomic E-state index is 13.4. The summed E-state index contributed by atoms with van der Waals surface area (Å²) in [6, 6.07) is 5.45. The molecule has 2 aromatic rings. The standard InChI is InChI=1S/C25H32FN3O5S/c26-20-9-5-18(6-10-20)17-35(31,32)25-27-13-21(29(25)16-23-4-2-12-34-23)14-28(24(30)19-7-8-19)15-22-3-1-11-33-22/h5-6,9-10,13,19,22-23H,1-4,7-8,11-12,14-17H2. The lowest BCUT2D eigenvalue weighted by atomic mass is 10.2. The van der Waals surface area contributed by atoms with Crippen molar-refractivity contribution in [3.05, 3.63) is 47.5 Å². The molecule has 0 radical (unpaired) electrons. The van der Waals surface area contributed by atoms with Gasteiger partial charge >= 0.3 is 0 Å². The van der Waals surface area contributed by atoms with Crippen molar-refractivity contribution in [1.29, 1.82) is 0 Å². The van der Waals surface area contributed by atoms with Crippen LogP contribution in [0.25, 0.3) is 0 Å². The maximum Gasteiger partial charge on any atom is 0.228 e. The lowest BCUT2D eigenvalue weighted by Crippen LogP contribution is -2.38. The van der Waals surface area contributed by atoms with Crippen molar-refractivity contribution in [2.45, 2.75) is 74.7 Å². The fourth-order valence-electron chi connectivity index (χ4n) is 4.87. The van der Waals surface area contributed by atoms with Crippen LogP contribution in [0.3, 0.4) is 0 Å². The third kappa shape index (κ3) is 5.92. The molecule has 3 aliphatic rings. The van der Waals surface area contributed by atoms with Crippen LogP contribution < -0.4 is 0 Å². The number of ether oxygens (including phenoxy) is 2. The molecule has 1 aromatic carbocycles. The monoisotopic (exact) mass is 505 g/mol. The first-order valence-electron chi connectivity index (χ1n) is 12.4. The molecule has 0 spiro atoms. The zero-order chi connectivity index (χ0) is 24.4. The Hall–Kier alpha value is -2.30. The van der Waals surface area contributed by atoms with Crippen LogP contribution in [0.15, 0.2) is 35.6 Å². The van der Waals surface area contributed by atoms with Crippen LogP contribution in [0.1, 0.15) is 49.8 Å². The van der Waals surface area contributed by atoms with E-state index in [0.29, 0.717) is 37.6 Å². The Morgan fingerprint density at radius 3 is 2.37 bits per heavy atom. The molecule has 190 valence electrons. The van der Waals surface area contributed by atoms with E-state index in [-0.39, 0.29) is 41.5 Å². The number of halogens is 1. The number of rotatable bonds is 10. The van der Waals surface area contributed by atoms with E-state index in [2.05, 4.69) is 4.98 Å². The first-order chi connectivity index (χ1) is 16.9. The summed E-state index contributed by atoms with van der Waals surface area (Å²) >= 11 is 0. The highest BCUT2D eigenvalue weighted by molar-refractivity contribution is 7.90. The molecule has 0 N–H and O–H groups in total. The Kier molecular flexibility index (Phi) is 7.22. The molecule has 8 nitrogen and oxygen atoms in total. The van der Waals surface area contributed by atoms with Gasteiger partial charge in [0, 0.05) is 25.7 Å². The van der Waals surface area contributed by atoms with Gasteiger partial charge in [-0.3, -0.25) is 4.79 Å². The van der Waals surface area contributed by atoms with Gasteiger partial charge in [0.25, 0.3) is 0 Å². The quantitative estimate of drug-likeness (QED) is 0.493. The van der Waals surface area contributed by atoms with Crippen molar-refractivity contribution in [1.82, 2.24) is 14.5 Å². The minimum absolute atomic E-state index is 0.00826. The van der Waals surface area contributed by atoms with Gasteiger partial charge in [-0.25, -0.2) is 17.8 Å². The van der Waals surface area contributed by atoms with Crippen molar-refractivity contribution in [3.63, 3.8) is 0 Å². The first-order valence-corrected chi connectivity index (χ1v) is 14.1. The molecule has 1 saturated carbocycles. The Morgan fingerprint density at radius 2 is 1.74 bits per heavy atom. The second-order valence-corrected chi connectivity index (χ2v) is 11.7. The molecule has 5 rings (SSSR count). The summed E-state index contributed by atoms with van der Waals surface area (Å²) in [6.45, 7) is 2.49. The third-order valence-electron chi connectivity index (χ3n) is 6.90. The van der Waals surface area contributed by atoms with Crippen LogP contribution in [-0.4, -0.2) is 60.7 Å². The molecule has 35 heavy (non-hydrogen) atoms. The van der Waals surface area contributed by atoms with E-state index < -0.39 is 15.7 Å². The fourth-order valence-corrected chi connectivity index (χ4v) is 6.37. The summed E-state index contributed by atoms with van der Waals surface area (Å²) in [5.74, 6) is -0.552. The Bertz CT molecular complexity index is 1130.